The molecule has 1 saturated heterocycles. The van der Waals surface area contributed by atoms with Gasteiger partial charge in [0, 0.05) is 18.7 Å². The third-order valence-electron chi connectivity index (χ3n) is 7.71. The van der Waals surface area contributed by atoms with Crippen LogP contribution in [-0.2, 0) is 9.59 Å². The van der Waals surface area contributed by atoms with Gasteiger partial charge in [-0.25, -0.2) is 9.59 Å². The summed E-state index contributed by atoms with van der Waals surface area (Å²) in [6.45, 7) is 2.52. The van der Waals surface area contributed by atoms with Crippen molar-refractivity contribution in [1.29, 1.82) is 0 Å². The van der Waals surface area contributed by atoms with Gasteiger partial charge in [0.2, 0.25) is 5.91 Å². The van der Waals surface area contributed by atoms with Crippen LogP contribution in [0.4, 0.5) is 16.2 Å². The van der Waals surface area contributed by atoms with E-state index in [-0.39, 0.29) is 11.9 Å². The largest absolute Gasteiger partial charge is 0.495 e. The van der Waals surface area contributed by atoms with Crippen molar-refractivity contribution in [2.75, 3.05) is 24.3 Å². The second kappa shape index (κ2) is 12.1. The lowest BCUT2D eigenvalue weighted by Crippen LogP contribution is -2.40. The van der Waals surface area contributed by atoms with Gasteiger partial charge in [-0.1, -0.05) is 18.2 Å². The molecule has 1 heterocycles. The quantitative estimate of drug-likeness (QED) is 0.420. The smallest absolute Gasteiger partial charge is 0.326 e. The number of carbonyl (C=O) groups excluding carboxylic acids is 2. The van der Waals surface area contributed by atoms with Crippen LogP contribution in [0.25, 0.3) is 0 Å². The predicted octanol–water partition coefficient (Wildman–Crippen LogP) is 5.78. The fourth-order valence-corrected chi connectivity index (χ4v) is 5.62. The molecule has 1 saturated carbocycles. The SMILES string of the molecule is COc1ccc(C)cc1NC(=O)Nc1ccc(C2CCC(CCC(=O)N3CCC[C@H]3C(=O)O)CC2)cc1. The monoisotopic (exact) mass is 507 g/mol. The van der Waals surface area contributed by atoms with Crippen LogP contribution in [0.5, 0.6) is 5.75 Å². The highest BCUT2D eigenvalue weighted by Gasteiger charge is 2.34. The number of amides is 3. The average Bonchev–Trinajstić information content (AvgIpc) is 3.39. The van der Waals surface area contributed by atoms with E-state index < -0.39 is 12.0 Å². The van der Waals surface area contributed by atoms with E-state index in [4.69, 9.17) is 4.74 Å². The van der Waals surface area contributed by atoms with Gasteiger partial charge >= 0.3 is 12.0 Å². The van der Waals surface area contributed by atoms with Gasteiger partial charge in [-0.05, 0) is 99.1 Å². The van der Waals surface area contributed by atoms with Gasteiger partial charge in [0.25, 0.3) is 0 Å². The van der Waals surface area contributed by atoms with E-state index in [9.17, 15) is 19.5 Å². The Balaban J connectivity index is 1.22. The van der Waals surface area contributed by atoms with Crippen molar-refractivity contribution >= 4 is 29.3 Å². The maximum atomic E-state index is 12.6. The first-order valence-electron chi connectivity index (χ1n) is 13.2. The van der Waals surface area contributed by atoms with E-state index in [1.165, 1.54) is 5.56 Å². The molecule has 3 amide bonds. The Kier molecular flexibility index (Phi) is 8.69. The number of hydrogen-bond donors (Lipinski definition) is 3. The molecular weight excluding hydrogens is 470 g/mol. The molecule has 2 aliphatic rings. The van der Waals surface area contributed by atoms with Crippen molar-refractivity contribution < 1.29 is 24.2 Å². The Labute approximate surface area is 218 Å². The first-order valence-corrected chi connectivity index (χ1v) is 13.2. The number of benzene rings is 2. The number of nitrogens with zero attached hydrogens (tertiary/aromatic N) is 1. The van der Waals surface area contributed by atoms with Crippen LogP contribution in [0.15, 0.2) is 42.5 Å². The van der Waals surface area contributed by atoms with Crippen molar-refractivity contribution in [3.05, 3.63) is 53.6 Å². The molecule has 1 aliphatic carbocycles. The summed E-state index contributed by atoms with van der Waals surface area (Å²) < 4.78 is 5.32. The van der Waals surface area contributed by atoms with Crippen molar-refractivity contribution in [2.24, 2.45) is 5.92 Å². The van der Waals surface area contributed by atoms with E-state index in [2.05, 4.69) is 22.8 Å². The molecule has 0 unspecified atom stereocenters. The number of hydrogen-bond acceptors (Lipinski definition) is 4. The van der Waals surface area contributed by atoms with Crippen LogP contribution in [0.1, 0.15) is 68.4 Å². The molecule has 2 aromatic rings. The summed E-state index contributed by atoms with van der Waals surface area (Å²) in [7, 11) is 1.57. The number of anilines is 2. The summed E-state index contributed by atoms with van der Waals surface area (Å²) in [5.74, 6) is 0.687. The van der Waals surface area contributed by atoms with E-state index >= 15 is 0 Å². The third kappa shape index (κ3) is 6.81. The second-order valence-electron chi connectivity index (χ2n) is 10.2. The molecule has 2 fully saturated rings. The summed E-state index contributed by atoms with van der Waals surface area (Å²) in [5.41, 5.74) is 3.64. The highest BCUT2D eigenvalue weighted by atomic mass is 16.5. The lowest BCUT2D eigenvalue weighted by molar-refractivity contribution is -0.148. The zero-order valence-corrected chi connectivity index (χ0v) is 21.7. The number of rotatable bonds is 8. The number of carbonyl (C=O) groups is 3. The summed E-state index contributed by atoms with van der Waals surface area (Å²) in [5, 5.41) is 15.0. The molecule has 4 rings (SSSR count). The Morgan fingerprint density at radius 2 is 1.73 bits per heavy atom. The standard InChI is InChI=1S/C29H37N3O5/c1-19-5-15-26(37-2)24(18-19)31-29(36)30-23-13-11-22(12-14-23)21-9-6-20(7-10-21)8-16-27(33)32-17-3-4-25(32)28(34)35/h5,11-15,18,20-21,25H,3-4,6-10,16-17H2,1-2H3,(H,34,35)(H2,30,31,36)/t20?,21?,25-/m0/s1. The number of methoxy groups -OCH3 is 1. The Hall–Kier alpha value is -3.55. The number of aryl methyl sites for hydroxylation is 1. The van der Waals surface area contributed by atoms with Gasteiger partial charge in [0.15, 0.2) is 0 Å². The van der Waals surface area contributed by atoms with Gasteiger partial charge in [0.1, 0.15) is 11.8 Å². The molecule has 8 heteroatoms. The van der Waals surface area contributed by atoms with E-state index in [1.807, 2.05) is 37.3 Å². The lowest BCUT2D eigenvalue weighted by atomic mass is 9.77. The molecule has 37 heavy (non-hydrogen) atoms. The van der Waals surface area contributed by atoms with Crippen LogP contribution in [0.3, 0.4) is 0 Å². The topological polar surface area (TPSA) is 108 Å². The minimum absolute atomic E-state index is 0.0139. The van der Waals surface area contributed by atoms with Crippen LogP contribution in [-0.4, -0.2) is 47.6 Å². The molecule has 2 aromatic carbocycles. The first kappa shape index (κ1) is 26.5. The summed E-state index contributed by atoms with van der Waals surface area (Å²) in [6.07, 6.45) is 6.89. The van der Waals surface area contributed by atoms with Crippen LogP contribution >= 0.6 is 0 Å². The number of likely N-dealkylation sites (tertiary alicyclic amines) is 1. The van der Waals surface area contributed by atoms with Crippen molar-refractivity contribution in [3.63, 3.8) is 0 Å². The van der Waals surface area contributed by atoms with E-state index in [0.717, 1.165) is 49.8 Å². The zero-order valence-electron chi connectivity index (χ0n) is 21.7. The highest BCUT2D eigenvalue weighted by molar-refractivity contribution is 6.00. The van der Waals surface area contributed by atoms with Gasteiger partial charge in [0.05, 0.1) is 12.8 Å². The van der Waals surface area contributed by atoms with Crippen molar-refractivity contribution in [1.82, 2.24) is 4.90 Å². The van der Waals surface area contributed by atoms with E-state index in [1.54, 1.807) is 12.0 Å². The summed E-state index contributed by atoms with van der Waals surface area (Å²) in [4.78, 5) is 38.0. The molecule has 0 radical (unpaired) electrons. The van der Waals surface area contributed by atoms with Gasteiger partial charge in [-0.3, -0.25) is 4.79 Å². The van der Waals surface area contributed by atoms with Crippen molar-refractivity contribution in [2.45, 2.75) is 70.3 Å². The van der Waals surface area contributed by atoms with Gasteiger partial charge < -0.3 is 25.4 Å². The molecule has 0 aromatic heterocycles. The summed E-state index contributed by atoms with van der Waals surface area (Å²) >= 11 is 0. The minimum atomic E-state index is -0.889. The number of nitrogens with one attached hydrogen (secondary N) is 2. The number of carboxylic acid groups (broad SMARTS) is 1. The molecule has 1 atom stereocenters. The molecule has 198 valence electrons. The fraction of sp³-hybridized carbons (Fsp3) is 0.483. The Morgan fingerprint density at radius 3 is 2.41 bits per heavy atom. The van der Waals surface area contributed by atoms with E-state index in [0.29, 0.717) is 42.7 Å². The van der Waals surface area contributed by atoms with Gasteiger partial charge in [-0.15, -0.1) is 0 Å². The molecule has 3 N–H and O–H groups in total. The lowest BCUT2D eigenvalue weighted by Gasteiger charge is -2.29. The highest BCUT2D eigenvalue weighted by Crippen LogP contribution is 2.38. The maximum Gasteiger partial charge on any atom is 0.326 e. The Morgan fingerprint density at radius 1 is 1.00 bits per heavy atom. The summed E-state index contributed by atoms with van der Waals surface area (Å²) in [6, 6.07) is 12.7. The van der Waals surface area contributed by atoms with Crippen LogP contribution in [0, 0.1) is 12.8 Å². The molecule has 0 spiro atoms. The first-order chi connectivity index (χ1) is 17.8. The van der Waals surface area contributed by atoms with Crippen LogP contribution < -0.4 is 15.4 Å². The second-order valence-corrected chi connectivity index (χ2v) is 10.2. The number of aliphatic carboxylic acids is 1. The predicted molar refractivity (Wildman–Crippen MR) is 143 cm³/mol. The fourth-order valence-electron chi connectivity index (χ4n) is 5.62. The minimum Gasteiger partial charge on any atom is -0.495 e. The van der Waals surface area contributed by atoms with Gasteiger partial charge in [-0.2, -0.15) is 0 Å². The number of ether oxygens (including phenoxy) is 1. The number of urea groups is 1. The average molecular weight is 508 g/mol. The zero-order chi connectivity index (χ0) is 26.4. The third-order valence-corrected chi connectivity index (χ3v) is 7.71. The molecular formula is C29H37N3O5. The Bertz CT molecular complexity index is 1110. The normalized spacial score (nSPS) is 21.4. The number of carboxylic acids is 1. The molecule has 8 nitrogen and oxygen atoms in total. The maximum absolute atomic E-state index is 12.6. The van der Waals surface area contributed by atoms with Crippen LogP contribution in [0.2, 0.25) is 0 Å². The molecule has 0 bridgehead atoms. The molecule has 1 aliphatic heterocycles. The van der Waals surface area contributed by atoms with Crippen molar-refractivity contribution in [3.8, 4) is 5.75 Å².